The summed E-state index contributed by atoms with van der Waals surface area (Å²) >= 11 is 0. The third-order valence-electron chi connectivity index (χ3n) is 8.95. The van der Waals surface area contributed by atoms with Crippen molar-refractivity contribution in [1.29, 1.82) is 0 Å². The molecule has 2 aliphatic carbocycles. The molecule has 4 nitrogen and oxygen atoms in total. The van der Waals surface area contributed by atoms with E-state index in [9.17, 15) is 19.8 Å². The van der Waals surface area contributed by atoms with Gasteiger partial charge in [-0.3, -0.25) is 9.59 Å². The molecule has 9 rings (SSSR count). The lowest BCUT2D eigenvalue weighted by Crippen LogP contribution is -2.13. The van der Waals surface area contributed by atoms with Crippen LogP contribution in [0, 0.1) is 0 Å². The van der Waals surface area contributed by atoms with Gasteiger partial charge >= 0.3 is 0 Å². The highest BCUT2D eigenvalue weighted by molar-refractivity contribution is 6.46. The molecular formula is C38H20O4. The summed E-state index contributed by atoms with van der Waals surface area (Å²) in [5.74, 6) is -0.458. The molecule has 7 aromatic rings. The number of benzene rings is 7. The summed E-state index contributed by atoms with van der Waals surface area (Å²) in [5, 5.41) is 29.9. The summed E-state index contributed by atoms with van der Waals surface area (Å²) in [5.41, 5.74) is 4.32. The van der Waals surface area contributed by atoms with Crippen LogP contribution in [0.1, 0.15) is 43.0 Å². The molecule has 42 heavy (non-hydrogen) atoms. The molecule has 0 aliphatic heterocycles. The fourth-order valence-electron chi connectivity index (χ4n) is 7.16. The van der Waals surface area contributed by atoms with E-state index in [1.807, 2.05) is 109 Å². The van der Waals surface area contributed by atoms with Crippen molar-refractivity contribution in [3.8, 4) is 0 Å². The second-order valence-electron chi connectivity index (χ2n) is 11.0. The molecule has 2 aliphatic rings. The Bertz CT molecular complexity index is 2240. The molecule has 0 unspecified atom stereocenters. The van der Waals surface area contributed by atoms with E-state index in [0.29, 0.717) is 44.5 Å². The molecule has 4 heteroatoms. The SMILES string of the molecule is O=C1C(c2ccccc2)=C(O)c2ccc3c4ccc5c6c(ccc(c7ccc1c2c73)c64)C(O)=C(c1ccccc1)C5=O. The normalized spacial score (nSPS) is 14.8. The minimum Gasteiger partial charge on any atom is -0.507 e. The van der Waals surface area contributed by atoms with Gasteiger partial charge < -0.3 is 10.2 Å². The van der Waals surface area contributed by atoms with Gasteiger partial charge in [0.25, 0.3) is 0 Å². The first-order chi connectivity index (χ1) is 20.5. The molecule has 7 aromatic carbocycles. The maximum atomic E-state index is 13.8. The lowest BCUT2D eigenvalue weighted by molar-refractivity contribution is 0.104. The summed E-state index contributed by atoms with van der Waals surface area (Å²) in [6, 6.07) is 33.9. The van der Waals surface area contributed by atoms with Gasteiger partial charge in [0.15, 0.2) is 11.6 Å². The van der Waals surface area contributed by atoms with Gasteiger partial charge in [-0.15, -0.1) is 0 Å². The van der Waals surface area contributed by atoms with E-state index in [1.165, 1.54) is 0 Å². The van der Waals surface area contributed by atoms with E-state index >= 15 is 0 Å². The Hall–Kier alpha value is -5.74. The van der Waals surface area contributed by atoms with Gasteiger partial charge in [0.2, 0.25) is 0 Å². The Morgan fingerprint density at radius 1 is 0.357 bits per heavy atom. The van der Waals surface area contributed by atoms with E-state index in [0.717, 1.165) is 43.1 Å². The number of carbonyl (C=O) groups is 2. The fraction of sp³-hybridized carbons (Fsp3) is 0. The minimum atomic E-state index is -0.208. The monoisotopic (exact) mass is 540 g/mol. The molecule has 0 aromatic heterocycles. The van der Waals surface area contributed by atoms with Crippen LogP contribution in [-0.2, 0) is 0 Å². The summed E-state index contributed by atoms with van der Waals surface area (Å²) < 4.78 is 0. The van der Waals surface area contributed by atoms with Crippen molar-refractivity contribution in [2.75, 3.05) is 0 Å². The molecule has 0 atom stereocenters. The first-order valence-corrected chi connectivity index (χ1v) is 13.8. The number of aliphatic hydroxyl groups excluding tert-OH is 2. The number of hydrogen-bond donors (Lipinski definition) is 2. The number of allylic oxidation sites excluding steroid dienone is 2. The molecule has 0 saturated carbocycles. The van der Waals surface area contributed by atoms with E-state index in [2.05, 4.69) is 0 Å². The number of hydrogen-bond acceptors (Lipinski definition) is 4. The van der Waals surface area contributed by atoms with Gasteiger partial charge in [0, 0.05) is 33.0 Å². The predicted molar refractivity (Wildman–Crippen MR) is 168 cm³/mol. The van der Waals surface area contributed by atoms with Crippen LogP contribution in [0.3, 0.4) is 0 Å². The Kier molecular flexibility index (Phi) is 4.34. The van der Waals surface area contributed by atoms with Crippen molar-refractivity contribution >= 4 is 77.3 Å². The third kappa shape index (κ3) is 2.71. The van der Waals surface area contributed by atoms with Crippen LogP contribution in [0.15, 0.2) is 109 Å². The van der Waals surface area contributed by atoms with Crippen LogP contribution >= 0.6 is 0 Å². The predicted octanol–water partition coefficient (Wildman–Crippen LogP) is 8.98. The molecule has 0 fully saturated rings. The molecule has 0 saturated heterocycles. The average molecular weight is 541 g/mol. The van der Waals surface area contributed by atoms with Crippen molar-refractivity contribution in [2.24, 2.45) is 0 Å². The lowest BCUT2D eigenvalue weighted by atomic mass is 9.77. The van der Waals surface area contributed by atoms with Crippen molar-refractivity contribution in [3.63, 3.8) is 0 Å². The highest BCUT2D eigenvalue weighted by Crippen LogP contribution is 2.49. The first kappa shape index (κ1) is 23.0. The summed E-state index contributed by atoms with van der Waals surface area (Å²) in [6.45, 7) is 0. The summed E-state index contributed by atoms with van der Waals surface area (Å²) in [7, 11) is 0. The Balaban J connectivity index is 1.40. The summed E-state index contributed by atoms with van der Waals surface area (Å²) in [6.07, 6.45) is 0. The van der Waals surface area contributed by atoms with Crippen LogP contribution in [-0.4, -0.2) is 21.8 Å². The molecule has 0 spiro atoms. The molecule has 2 N–H and O–H groups in total. The van der Waals surface area contributed by atoms with Crippen molar-refractivity contribution in [1.82, 2.24) is 0 Å². The van der Waals surface area contributed by atoms with Crippen molar-refractivity contribution < 1.29 is 19.8 Å². The van der Waals surface area contributed by atoms with Gasteiger partial charge in [-0.05, 0) is 67.7 Å². The fourth-order valence-corrected chi connectivity index (χ4v) is 7.16. The molecule has 196 valence electrons. The third-order valence-corrected chi connectivity index (χ3v) is 8.95. The van der Waals surface area contributed by atoms with Gasteiger partial charge in [0.05, 0.1) is 11.1 Å². The first-order valence-electron chi connectivity index (χ1n) is 13.8. The van der Waals surface area contributed by atoms with Gasteiger partial charge in [-0.1, -0.05) is 84.9 Å². The number of fused-ring (bicyclic) bond motifs is 2. The number of aliphatic hydroxyl groups is 2. The number of ketones is 2. The molecule has 0 radical (unpaired) electrons. The second kappa shape index (κ2) is 7.93. The van der Waals surface area contributed by atoms with Crippen LogP contribution in [0.2, 0.25) is 0 Å². The van der Waals surface area contributed by atoms with E-state index in [4.69, 9.17) is 0 Å². The van der Waals surface area contributed by atoms with Crippen molar-refractivity contribution in [3.05, 3.63) is 143 Å². The van der Waals surface area contributed by atoms with Crippen LogP contribution in [0.4, 0.5) is 0 Å². The standard InChI is InChI=1S/C38H20O4/c39-35-25-15-11-21-23-13-17-27-34-28(38(42)30(37(27)41)20-9-5-2-6-10-20)18-14-24(32(23)34)22-12-16-26(33(25)31(21)22)36(40)29(35)19-7-3-1-4-8-19/h1-18,39,42H. The maximum Gasteiger partial charge on any atom is 0.198 e. The van der Waals surface area contributed by atoms with E-state index < -0.39 is 0 Å². The van der Waals surface area contributed by atoms with Crippen LogP contribution in [0.5, 0.6) is 0 Å². The zero-order valence-electron chi connectivity index (χ0n) is 22.1. The van der Waals surface area contributed by atoms with Gasteiger partial charge in [-0.2, -0.15) is 0 Å². The van der Waals surface area contributed by atoms with Crippen LogP contribution < -0.4 is 0 Å². The van der Waals surface area contributed by atoms with E-state index in [-0.39, 0.29) is 23.1 Å². The van der Waals surface area contributed by atoms with Crippen molar-refractivity contribution in [2.45, 2.75) is 0 Å². The zero-order chi connectivity index (χ0) is 28.3. The smallest absolute Gasteiger partial charge is 0.198 e. The lowest BCUT2D eigenvalue weighted by Gasteiger charge is -2.25. The number of rotatable bonds is 2. The largest absolute Gasteiger partial charge is 0.507 e. The highest BCUT2D eigenvalue weighted by atomic mass is 16.3. The molecule has 0 bridgehead atoms. The second-order valence-corrected chi connectivity index (χ2v) is 11.0. The Labute approximate surface area is 239 Å². The molecular weight excluding hydrogens is 520 g/mol. The topological polar surface area (TPSA) is 74.6 Å². The Morgan fingerprint density at radius 3 is 1.05 bits per heavy atom. The number of Topliss-reactive ketones (excluding diaryl/α,β-unsaturated/α-hetero) is 2. The summed E-state index contributed by atoms with van der Waals surface area (Å²) in [4.78, 5) is 27.7. The van der Waals surface area contributed by atoms with Crippen LogP contribution in [0.25, 0.3) is 65.8 Å². The van der Waals surface area contributed by atoms with E-state index in [1.54, 1.807) is 0 Å². The average Bonchev–Trinajstić information content (AvgIpc) is 3.03. The molecule has 0 amide bonds. The molecule has 0 heterocycles. The number of carbonyl (C=O) groups excluding carboxylic acids is 2. The highest BCUT2D eigenvalue weighted by Gasteiger charge is 2.33. The maximum absolute atomic E-state index is 13.8. The quantitative estimate of drug-likeness (QED) is 0.170. The van der Waals surface area contributed by atoms with Gasteiger partial charge in [0.1, 0.15) is 11.5 Å². The Morgan fingerprint density at radius 2 is 0.690 bits per heavy atom. The zero-order valence-corrected chi connectivity index (χ0v) is 22.1. The minimum absolute atomic E-state index is 0.0208. The van der Waals surface area contributed by atoms with Gasteiger partial charge in [-0.25, -0.2) is 0 Å².